The molecule has 2 fully saturated rings. The van der Waals surface area contributed by atoms with E-state index in [1.54, 1.807) is 0 Å². The fourth-order valence-electron chi connectivity index (χ4n) is 2.02. The molecule has 3 nitrogen and oxygen atoms in total. The minimum Gasteiger partial charge on any atom is -0.315 e. The second-order valence-corrected chi connectivity index (χ2v) is 3.38. The van der Waals surface area contributed by atoms with Crippen molar-refractivity contribution in [3.05, 3.63) is 0 Å². The number of Topliss-reactive ketones (excluding diaryl/α,β-unsaturated/α-hetero) is 1. The zero-order valence-corrected chi connectivity index (χ0v) is 10.6. The summed E-state index contributed by atoms with van der Waals surface area (Å²) in [4.78, 5) is 11.4. The molecule has 0 aromatic rings. The van der Waals surface area contributed by atoms with E-state index in [2.05, 4.69) is 10.6 Å². The van der Waals surface area contributed by atoms with Gasteiger partial charge in [0.1, 0.15) is 5.78 Å². The average molecular weight is 214 g/mol. The van der Waals surface area contributed by atoms with Crippen LogP contribution in [0.1, 0.15) is 40.5 Å². The molecule has 0 radical (unpaired) electrons. The van der Waals surface area contributed by atoms with Gasteiger partial charge < -0.3 is 10.6 Å². The molecule has 90 valence electrons. The first-order valence-electron chi connectivity index (χ1n) is 6.35. The Bertz CT molecular complexity index is 169. The molecule has 2 saturated heterocycles. The molecule has 2 unspecified atom stereocenters. The molecule has 2 heterocycles. The number of piperidine rings is 2. The van der Waals surface area contributed by atoms with Crippen molar-refractivity contribution in [2.45, 2.75) is 46.6 Å². The van der Waals surface area contributed by atoms with E-state index < -0.39 is 0 Å². The van der Waals surface area contributed by atoms with Gasteiger partial charge in [0.15, 0.2) is 0 Å². The van der Waals surface area contributed by atoms with Gasteiger partial charge in [0, 0.05) is 31.5 Å². The SMILES string of the molecule is CC.CC.O=C1CCNC2CNCCC12. The molecule has 2 aliphatic heterocycles. The summed E-state index contributed by atoms with van der Waals surface area (Å²) in [5.74, 6) is 0.778. The first-order valence-corrected chi connectivity index (χ1v) is 6.35. The van der Waals surface area contributed by atoms with E-state index in [0.717, 1.165) is 32.5 Å². The van der Waals surface area contributed by atoms with Crippen LogP contribution in [-0.4, -0.2) is 31.5 Å². The monoisotopic (exact) mass is 214 g/mol. The van der Waals surface area contributed by atoms with Crippen LogP contribution in [0.15, 0.2) is 0 Å². The fourth-order valence-corrected chi connectivity index (χ4v) is 2.02. The van der Waals surface area contributed by atoms with Crippen molar-refractivity contribution in [1.29, 1.82) is 0 Å². The molecule has 2 aliphatic rings. The van der Waals surface area contributed by atoms with Crippen LogP contribution in [-0.2, 0) is 4.79 Å². The standard InChI is InChI=1S/C8H14N2O.2C2H6/c11-8-2-4-10-7-5-9-3-1-6(7)8;2*1-2/h6-7,9-10H,1-5H2;2*1-2H3. The van der Waals surface area contributed by atoms with Gasteiger partial charge in [0.25, 0.3) is 0 Å². The van der Waals surface area contributed by atoms with Gasteiger partial charge in [0.2, 0.25) is 0 Å². The highest BCUT2D eigenvalue weighted by Gasteiger charge is 2.32. The topological polar surface area (TPSA) is 41.1 Å². The van der Waals surface area contributed by atoms with Gasteiger partial charge in [-0.1, -0.05) is 27.7 Å². The van der Waals surface area contributed by atoms with Gasteiger partial charge in [0.05, 0.1) is 0 Å². The maximum atomic E-state index is 11.4. The Morgan fingerprint density at radius 1 is 1.13 bits per heavy atom. The molecule has 0 saturated carbocycles. The van der Waals surface area contributed by atoms with Crippen molar-refractivity contribution in [1.82, 2.24) is 10.6 Å². The molecule has 0 spiro atoms. The third-order valence-electron chi connectivity index (χ3n) is 2.67. The minimum atomic E-state index is 0.310. The Morgan fingerprint density at radius 3 is 2.40 bits per heavy atom. The number of rotatable bonds is 0. The highest BCUT2D eigenvalue weighted by atomic mass is 16.1. The molecule has 0 aliphatic carbocycles. The number of nitrogens with one attached hydrogen (secondary N) is 2. The lowest BCUT2D eigenvalue weighted by atomic mass is 9.85. The normalized spacial score (nSPS) is 28.9. The summed E-state index contributed by atoms with van der Waals surface area (Å²) < 4.78 is 0. The lowest BCUT2D eigenvalue weighted by molar-refractivity contribution is -0.126. The lowest BCUT2D eigenvalue weighted by Gasteiger charge is -2.35. The summed E-state index contributed by atoms with van der Waals surface area (Å²) in [6.07, 6.45) is 1.76. The van der Waals surface area contributed by atoms with Gasteiger partial charge in [-0.25, -0.2) is 0 Å². The summed E-state index contributed by atoms with van der Waals surface area (Å²) in [7, 11) is 0. The van der Waals surface area contributed by atoms with Crippen molar-refractivity contribution in [3.63, 3.8) is 0 Å². The number of hydrogen-bond acceptors (Lipinski definition) is 3. The smallest absolute Gasteiger partial charge is 0.138 e. The van der Waals surface area contributed by atoms with Gasteiger partial charge in [-0.15, -0.1) is 0 Å². The van der Waals surface area contributed by atoms with Crippen molar-refractivity contribution in [2.75, 3.05) is 19.6 Å². The van der Waals surface area contributed by atoms with Crippen LogP contribution in [0.2, 0.25) is 0 Å². The average Bonchev–Trinajstić information content (AvgIpc) is 2.35. The van der Waals surface area contributed by atoms with Crippen LogP contribution < -0.4 is 10.6 Å². The Hall–Kier alpha value is -0.410. The molecule has 0 aromatic heterocycles. The number of ketones is 1. The van der Waals surface area contributed by atoms with Crippen LogP contribution in [0.4, 0.5) is 0 Å². The Morgan fingerprint density at radius 2 is 1.80 bits per heavy atom. The zero-order chi connectivity index (χ0) is 11.7. The molecule has 3 heteroatoms. The summed E-state index contributed by atoms with van der Waals surface area (Å²) in [6.45, 7) is 10.9. The molecule has 2 atom stereocenters. The Balaban J connectivity index is 0.000000442. The molecular weight excluding hydrogens is 188 g/mol. The van der Waals surface area contributed by atoms with E-state index in [-0.39, 0.29) is 0 Å². The van der Waals surface area contributed by atoms with E-state index in [1.807, 2.05) is 27.7 Å². The predicted molar refractivity (Wildman–Crippen MR) is 65.1 cm³/mol. The van der Waals surface area contributed by atoms with E-state index in [1.165, 1.54) is 0 Å². The molecule has 0 bridgehead atoms. The molecular formula is C12H26N2O. The summed E-state index contributed by atoms with van der Waals surface area (Å²) >= 11 is 0. The molecule has 2 N–H and O–H groups in total. The van der Waals surface area contributed by atoms with Crippen molar-refractivity contribution >= 4 is 5.78 Å². The Labute approximate surface area is 94.0 Å². The molecule has 15 heavy (non-hydrogen) atoms. The fraction of sp³-hybridized carbons (Fsp3) is 0.917. The summed E-state index contributed by atoms with van der Waals surface area (Å²) in [5, 5.41) is 6.66. The summed E-state index contributed by atoms with van der Waals surface area (Å²) in [6, 6.07) is 0.421. The minimum absolute atomic E-state index is 0.310. The molecule has 2 rings (SSSR count). The summed E-state index contributed by atoms with van der Waals surface area (Å²) in [5.41, 5.74) is 0. The second kappa shape index (κ2) is 8.86. The van der Waals surface area contributed by atoms with Crippen molar-refractivity contribution in [2.24, 2.45) is 5.92 Å². The Kier molecular flexibility index (Phi) is 8.62. The third-order valence-corrected chi connectivity index (χ3v) is 2.67. The number of fused-ring (bicyclic) bond motifs is 1. The largest absolute Gasteiger partial charge is 0.315 e. The molecule has 0 aromatic carbocycles. The van der Waals surface area contributed by atoms with Gasteiger partial charge >= 0.3 is 0 Å². The zero-order valence-electron chi connectivity index (χ0n) is 10.6. The van der Waals surface area contributed by atoms with Crippen molar-refractivity contribution in [3.8, 4) is 0 Å². The maximum Gasteiger partial charge on any atom is 0.138 e. The third kappa shape index (κ3) is 4.31. The van der Waals surface area contributed by atoms with Crippen LogP contribution in [0.25, 0.3) is 0 Å². The second-order valence-electron chi connectivity index (χ2n) is 3.38. The highest BCUT2D eigenvalue weighted by Crippen LogP contribution is 2.18. The highest BCUT2D eigenvalue weighted by molar-refractivity contribution is 5.82. The first-order chi connectivity index (χ1) is 7.38. The van der Waals surface area contributed by atoms with Gasteiger partial charge in [-0.3, -0.25) is 4.79 Å². The van der Waals surface area contributed by atoms with Gasteiger partial charge in [-0.05, 0) is 13.0 Å². The predicted octanol–water partition coefficient (Wildman–Crippen LogP) is 1.58. The number of carbonyl (C=O) groups excluding carboxylic acids is 1. The van der Waals surface area contributed by atoms with Gasteiger partial charge in [-0.2, -0.15) is 0 Å². The van der Waals surface area contributed by atoms with Crippen LogP contribution >= 0.6 is 0 Å². The van der Waals surface area contributed by atoms with Crippen LogP contribution in [0, 0.1) is 5.92 Å². The van der Waals surface area contributed by atoms with E-state index in [0.29, 0.717) is 17.7 Å². The number of hydrogen-bond donors (Lipinski definition) is 2. The van der Waals surface area contributed by atoms with Crippen LogP contribution in [0.3, 0.4) is 0 Å². The maximum absolute atomic E-state index is 11.4. The van der Waals surface area contributed by atoms with Crippen molar-refractivity contribution < 1.29 is 4.79 Å². The first kappa shape index (κ1) is 14.6. The van der Waals surface area contributed by atoms with Crippen LogP contribution in [0.5, 0.6) is 0 Å². The quantitative estimate of drug-likeness (QED) is 0.643. The van der Waals surface area contributed by atoms with E-state index in [9.17, 15) is 4.79 Å². The lowest BCUT2D eigenvalue weighted by Crippen LogP contribution is -2.55. The number of carbonyl (C=O) groups is 1. The van der Waals surface area contributed by atoms with E-state index >= 15 is 0 Å². The molecule has 0 amide bonds. The van der Waals surface area contributed by atoms with E-state index in [4.69, 9.17) is 0 Å².